The van der Waals surface area contributed by atoms with E-state index in [2.05, 4.69) is 25.0 Å². The number of hydrogen-bond acceptors (Lipinski definition) is 1. The molecule has 0 radical (unpaired) electrons. The molecule has 0 aliphatic carbocycles. The molecule has 0 aliphatic rings. The largest absolute Gasteiger partial charge is 2.00 e. The van der Waals surface area contributed by atoms with Crippen molar-refractivity contribution in [3.8, 4) is 0 Å². The van der Waals surface area contributed by atoms with Gasteiger partial charge in [-0.25, -0.2) is 0 Å². The zero-order valence-corrected chi connectivity index (χ0v) is 10.1. The van der Waals surface area contributed by atoms with Crippen molar-refractivity contribution < 1.29 is 21.1 Å². The summed E-state index contributed by atoms with van der Waals surface area (Å²) in [6, 6.07) is 3.98. The van der Waals surface area contributed by atoms with Crippen molar-refractivity contribution >= 4 is 0 Å². The first-order valence-corrected chi connectivity index (χ1v) is 3.13. The van der Waals surface area contributed by atoms with Gasteiger partial charge in [0.1, 0.15) is 0 Å². The Labute approximate surface area is 83.5 Å². The van der Waals surface area contributed by atoms with Gasteiger partial charge in [-0.1, -0.05) is 26.2 Å². The van der Waals surface area contributed by atoms with Crippen LogP contribution in [0.15, 0.2) is 18.3 Å². The maximum absolute atomic E-state index is 3.88. The summed E-state index contributed by atoms with van der Waals surface area (Å²) in [5, 5.41) is 0. The molecule has 0 aliphatic heterocycles. The summed E-state index contributed by atoms with van der Waals surface area (Å²) >= 11 is 0. The molecule has 1 rings (SSSR count). The van der Waals surface area contributed by atoms with Crippen molar-refractivity contribution in [3.05, 3.63) is 37.5 Å². The Balaban J connectivity index is 0. The van der Waals surface area contributed by atoms with E-state index in [9.17, 15) is 0 Å². The summed E-state index contributed by atoms with van der Waals surface area (Å²) in [6.07, 6.45) is 4.66. The Bertz CT molecular complexity index is 172. The standard InChI is InChI=1S/C8H10N.CH3.W/c1-7(2)8-4-3-5-9-6-8;;/h3-5,7H,1-2H3;1H3;/q2*-1;+2. The quantitative estimate of drug-likeness (QED) is 0.725. The third-order valence-electron chi connectivity index (χ3n) is 1.25. The first-order valence-electron chi connectivity index (χ1n) is 3.13. The molecule has 0 fully saturated rings. The van der Waals surface area contributed by atoms with Gasteiger partial charge in [0.25, 0.3) is 0 Å². The Morgan fingerprint density at radius 1 is 1.45 bits per heavy atom. The zero-order chi connectivity index (χ0) is 6.69. The second-order valence-electron chi connectivity index (χ2n) is 2.36. The SMILES string of the molecule is CC(C)c1[c-]nccc1.[CH3-].[W+2]. The first-order chi connectivity index (χ1) is 4.30. The van der Waals surface area contributed by atoms with Gasteiger partial charge in [-0.2, -0.15) is 12.1 Å². The smallest absolute Gasteiger partial charge is 0.394 e. The number of hydrogen-bond donors (Lipinski definition) is 0. The van der Waals surface area contributed by atoms with Gasteiger partial charge in [0.2, 0.25) is 0 Å². The first kappa shape index (κ1) is 13.4. The molecule has 1 nitrogen and oxygen atoms in total. The third-order valence-corrected chi connectivity index (χ3v) is 1.25. The molecule has 1 aromatic heterocycles. The van der Waals surface area contributed by atoms with Crippen molar-refractivity contribution in [1.82, 2.24) is 4.98 Å². The average Bonchev–Trinajstić information content (AvgIpc) is 1.90. The molecule has 0 saturated heterocycles. The van der Waals surface area contributed by atoms with E-state index >= 15 is 0 Å². The maximum Gasteiger partial charge on any atom is 2.00 e. The maximum atomic E-state index is 3.88. The molecule has 0 N–H and O–H groups in total. The molecule has 0 saturated carbocycles. The fourth-order valence-corrected chi connectivity index (χ4v) is 0.660. The van der Waals surface area contributed by atoms with Gasteiger partial charge in [-0.3, -0.25) is 0 Å². The molecular formula is C9H13NW. The van der Waals surface area contributed by atoms with Gasteiger partial charge >= 0.3 is 21.1 Å². The van der Waals surface area contributed by atoms with Crippen LogP contribution in [-0.4, -0.2) is 4.98 Å². The van der Waals surface area contributed by atoms with Gasteiger partial charge < -0.3 is 12.4 Å². The van der Waals surface area contributed by atoms with E-state index in [0.29, 0.717) is 5.92 Å². The van der Waals surface area contributed by atoms with Crippen molar-refractivity contribution in [2.24, 2.45) is 0 Å². The Hall–Kier alpha value is -0.162. The van der Waals surface area contributed by atoms with Crippen LogP contribution < -0.4 is 0 Å². The Morgan fingerprint density at radius 2 is 2.09 bits per heavy atom. The molecule has 1 aromatic rings. The number of nitrogens with zero attached hydrogens (tertiary/aromatic N) is 1. The van der Waals surface area contributed by atoms with E-state index in [1.165, 1.54) is 5.56 Å². The average molecular weight is 319 g/mol. The van der Waals surface area contributed by atoms with E-state index in [-0.39, 0.29) is 28.5 Å². The van der Waals surface area contributed by atoms with E-state index in [4.69, 9.17) is 0 Å². The van der Waals surface area contributed by atoms with Crippen LogP contribution in [0.4, 0.5) is 0 Å². The molecule has 1 heterocycles. The van der Waals surface area contributed by atoms with Crippen LogP contribution in [0.25, 0.3) is 0 Å². The fourth-order valence-electron chi connectivity index (χ4n) is 0.660. The van der Waals surface area contributed by atoms with Gasteiger partial charge in [0, 0.05) is 0 Å². The normalized spacial score (nSPS) is 8.27. The number of rotatable bonds is 1. The van der Waals surface area contributed by atoms with Crippen LogP contribution >= 0.6 is 0 Å². The summed E-state index contributed by atoms with van der Waals surface area (Å²) in [6.45, 7) is 4.26. The van der Waals surface area contributed by atoms with Crippen molar-refractivity contribution in [2.45, 2.75) is 19.8 Å². The molecule has 0 aromatic carbocycles. The molecule has 0 amide bonds. The summed E-state index contributed by atoms with van der Waals surface area (Å²) in [7, 11) is 0. The Kier molecular flexibility index (Phi) is 7.99. The molecule has 0 bridgehead atoms. The summed E-state index contributed by atoms with van der Waals surface area (Å²) in [4.78, 5) is 3.88. The second-order valence-corrected chi connectivity index (χ2v) is 2.36. The third kappa shape index (κ3) is 4.31. The minimum absolute atomic E-state index is 0. The van der Waals surface area contributed by atoms with Crippen LogP contribution in [0.1, 0.15) is 25.3 Å². The minimum atomic E-state index is 0. The fraction of sp³-hybridized carbons (Fsp3) is 0.333. The second kappa shape index (κ2) is 6.54. The number of pyridine rings is 1. The predicted octanol–water partition coefficient (Wildman–Crippen LogP) is 2.45. The van der Waals surface area contributed by atoms with Gasteiger partial charge in [0.15, 0.2) is 0 Å². The predicted molar refractivity (Wildman–Crippen MR) is 43.6 cm³/mol. The van der Waals surface area contributed by atoms with Crippen molar-refractivity contribution in [1.29, 1.82) is 0 Å². The van der Waals surface area contributed by atoms with Crippen LogP contribution in [0.5, 0.6) is 0 Å². The van der Waals surface area contributed by atoms with E-state index < -0.39 is 0 Å². The minimum Gasteiger partial charge on any atom is -0.394 e. The van der Waals surface area contributed by atoms with Crippen molar-refractivity contribution in [3.63, 3.8) is 0 Å². The molecule has 0 atom stereocenters. The van der Waals surface area contributed by atoms with Gasteiger partial charge in [-0.15, -0.1) is 5.56 Å². The van der Waals surface area contributed by atoms with Crippen LogP contribution in [-0.2, 0) is 21.1 Å². The van der Waals surface area contributed by atoms with E-state index in [1.54, 1.807) is 6.20 Å². The van der Waals surface area contributed by atoms with E-state index in [0.717, 1.165) is 0 Å². The summed E-state index contributed by atoms with van der Waals surface area (Å²) in [5.41, 5.74) is 1.18. The number of aromatic nitrogens is 1. The molecule has 2 heteroatoms. The monoisotopic (exact) mass is 319 g/mol. The zero-order valence-electron chi connectivity index (χ0n) is 7.16. The van der Waals surface area contributed by atoms with Crippen LogP contribution in [0, 0.1) is 13.6 Å². The molecule has 0 spiro atoms. The van der Waals surface area contributed by atoms with Crippen molar-refractivity contribution in [2.75, 3.05) is 0 Å². The molecular weight excluding hydrogens is 306 g/mol. The van der Waals surface area contributed by atoms with Crippen LogP contribution in [0.3, 0.4) is 0 Å². The summed E-state index contributed by atoms with van der Waals surface area (Å²) < 4.78 is 0. The van der Waals surface area contributed by atoms with Gasteiger partial charge in [-0.05, 0) is 5.92 Å². The topological polar surface area (TPSA) is 12.9 Å². The molecule has 0 unspecified atom stereocenters. The Morgan fingerprint density at radius 3 is 2.36 bits per heavy atom. The van der Waals surface area contributed by atoms with Gasteiger partial charge in [0.05, 0.1) is 0 Å². The summed E-state index contributed by atoms with van der Waals surface area (Å²) in [5.74, 6) is 0.540. The van der Waals surface area contributed by atoms with E-state index in [1.807, 2.05) is 12.1 Å². The van der Waals surface area contributed by atoms with Crippen LogP contribution in [0.2, 0.25) is 0 Å². The molecule has 11 heavy (non-hydrogen) atoms. The molecule has 60 valence electrons.